The van der Waals surface area contributed by atoms with Gasteiger partial charge < -0.3 is 4.90 Å². The molecule has 1 aliphatic heterocycles. The maximum Gasteiger partial charge on any atom is 0.271 e. The Morgan fingerprint density at radius 3 is 3.00 bits per heavy atom. The van der Waals surface area contributed by atoms with Crippen LogP contribution in [-0.4, -0.2) is 43.2 Å². The van der Waals surface area contributed by atoms with Crippen molar-refractivity contribution in [3.63, 3.8) is 0 Å². The van der Waals surface area contributed by atoms with Gasteiger partial charge in [0, 0.05) is 18.8 Å². The van der Waals surface area contributed by atoms with Gasteiger partial charge in [-0.1, -0.05) is 0 Å². The highest BCUT2D eigenvalue weighted by molar-refractivity contribution is 7.17. The monoisotopic (exact) mass is 357 g/mol. The van der Waals surface area contributed by atoms with Gasteiger partial charge in [0.1, 0.15) is 11.2 Å². The van der Waals surface area contributed by atoms with Gasteiger partial charge in [0.25, 0.3) is 5.56 Å². The highest BCUT2D eigenvalue weighted by atomic mass is 32.1. The van der Waals surface area contributed by atoms with E-state index in [4.69, 9.17) is 0 Å². The van der Waals surface area contributed by atoms with Crippen LogP contribution in [0, 0.1) is 13.8 Å². The molecule has 4 heterocycles. The lowest BCUT2D eigenvalue weighted by Crippen LogP contribution is -2.35. The van der Waals surface area contributed by atoms with Gasteiger partial charge in [-0.2, -0.15) is 5.10 Å². The molecule has 7 nitrogen and oxygen atoms in total. The van der Waals surface area contributed by atoms with E-state index in [0.29, 0.717) is 23.3 Å². The van der Waals surface area contributed by atoms with E-state index in [0.717, 1.165) is 17.8 Å². The predicted molar refractivity (Wildman–Crippen MR) is 95.8 cm³/mol. The van der Waals surface area contributed by atoms with Crippen LogP contribution in [0.3, 0.4) is 0 Å². The van der Waals surface area contributed by atoms with Crippen molar-refractivity contribution in [2.24, 2.45) is 0 Å². The molecule has 130 valence electrons. The summed E-state index contributed by atoms with van der Waals surface area (Å²) in [4.78, 5) is 31.1. The molecular formula is C17H19N5O2S. The number of likely N-dealkylation sites (tertiary alicyclic amines) is 1. The Labute approximate surface area is 148 Å². The Kier molecular flexibility index (Phi) is 3.91. The second-order valence-electron chi connectivity index (χ2n) is 6.47. The molecule has 1 aliphatic rings. The molecule has 0 unspecified atom stereocenters. The average Bonchev–Trinajstić information content (AvgIpc) is 3.29. The van der Waals surface area contributed by atoms with Crippen LogP contribution >= 0.6 is 11.3 Å². The molecule has 1 amide bonds. The number of aromatic nitrogens is 4. The van der Waals surface area contributed by atoms with Gasteiger partial charge in [0.15, 0.2) is 0 Å². The molecule has 3 aromatic rings. The molecule has 0 N–H and O–H groups in total. The second kappa shape index (κ2) is 6.11. The smallest absolute Gasteiger partial charge is 0.271 e. The Morgan fingerprint density at radius 1 is 1.40 bits per heavy atom. The topological polar surface area (TPSA) is 73.0 Å². The minimum Gasteiger partial charge on any atom is -0.339 e. The second-order valence-corrected chi connectivity index (χ2v) is 7.38. The highest BCUT2D eigenvalue weighted by Gasteiger charge is 2.29. The Bertz CT molecular complexity index is 1000. The third-order valence-corrected chi connectivity index (χ3v) is 5.54. The average molecular weight is 357 g/mol. The van der Waals surface area contributed by atoms with Crippen LogP contribution in [0.5, 0.6) is 0 Å². The van der Waals surface area contributed by atoms with Gasteiger partial charge >= 0.3 is 0 Å². The third kappa shape index (κ3) is 2.86. The maximum atomic E-state index is 12.6. The van der Waals surface area contributed by atoms with Gasteiger partial charge in [-0.3, -0.25) is 18.8 Å². The lowest BCUT2D eigenvalue weighted by molar-refractivity contribution is -0.130. The summed E-state index contributed by atoms with van der Waals surface area (Å²) >= 11 is 1.36. The number of hydrogen-bond acceptors (Lipinski definition) is 5. The Morgan fingerprint density at radius 2 is 2.24 bits per heavy atom. The molecule has 0 aliphatic carbocycles. The van der Waals surface area contributed by atoms with E-state index in [1.807, 2.05) is 40.9 Å². The molecule has 1 saturated heterocycles. The molecule has 0 bridgehead atoms. The first-order valence-corrected chi connectivity index (χ1v) is 9.14. The largest absolute Gasteiger partial charge is 0.339 e. The van der Waals surface area contributed by atoms with Crippen molar-refractivity contribution in [1.29, 1.82) is 0 Å². The number of amides is 1. The zero-order valence-electron chi connectivity index (χ0n) is 14.2. The van der Waals surface area contributed by atoms with Crippen molar-refractivity contribution in [3.8, 4) is 0 Å². The number of carbonyl (C=O) groups excluding carboxylic acids is 1. The normalized spacial score (nSPS) is 17.5. The molecule has 0 spiro atoms. The first-order chi connectivity index (χ1) is 12.0. The first-order valence-electron chi connectivity index (χ1n) is 8.26. The lowest BCUT2D eigenvalue weighted by atomic mass is 10.2. The number of aryl methyl sites for hydroxylation is 2. The van der Waals surface area contributed by atoms with Crippen molar-refractivity contribution >= 4 is 27.5 Å². The van der Waals surface area contributed by atoms with Crippen molar-refractivity contribution in [2.45, 2.75) is 32.9 Å². The van der Waals surface area contributed by atoms with E-state index in [1.54, 1.807) is 0 Å². The molecule has 3 aromatic heterocycles. The third-order valence-electron chi connectivity index (χ3n) is 4.65. The van der Waals surface area contributed by atoms with Gasteiger partial charge in [0.2, 0.25) is 5.91 Å². The molecular weight excluding hydrogens is 338 g/mol. The summed E-state index contributed by atoms with van der Waals surface area (Å²) in [6.07, 6.45) is 2.34. The number of nitrogens with zero attached hydrogens (tertiary/aromatic N) is 5. The fourth-order valence-electron chi connectivity index (χ4n) is 3.42. The van der Waals surface area contributed by atoms with E-state index in [2.05, 4.69) is 10.1 Å². The Hall–Kier alpha value is -2.48. The van der Waals surface area contributed by atoms with Crippen molar-refractivity contribution in [3.05, 3.63) is 45.6 Å². The summed E-state index contributed by atoms with van der Waals surface area (Å²) in [7, 11) is 0. The highest BCUT2D eigenvalue weighted by Crippen LogP contribution is 2.23. The lowest BCUT2D eigenvalue weighted by Gasteiger charge is -2.18. The fourth-order valence-corrected chi connectivity index (χ4v) is 4.21. The summed E-state index contributed by atoms with van der Waals surface area (Å²) in [5, 5.41) is 6.37. The molecule has 25 heavy (non-hydrogen) atoms. The minimum atomic E-state index is -0.150. The molecule has 1 atom stereocenters. The van der Waals surface area contributed by atoms with Crippen LogP contribution in [-0.2, 0) is 11.3 Å². The molecule has 0 saturated carbocycles. The Balaban J connectivity index is 1.49. The summed E-state index contributed by atoms with van der Waals surface area (Å²) in [5.41, 5.74) is 2.64. The number of fused-ring (bicyclic) bond motifs is 1. The number of thiophene rings is 1. The summed E-state index contributed by atoms with van der Waals surface area (Å²) < 4.78 is 4.00. The van der Waals surface area contributed by atoms with E-state index >= 15 is 0 Å². The minimum absolute atomic E-state index is 0.0313. The molecule has 8 heteroatoms. The molecule has 0 aromatic carbocycles. The fraction of sp³-hybridized carbons (Fsp3) is 0.412. The SMILES string of the molecule is Cc1cc(C)n([C@H]2CCN(C(=O)Cn3cnc4ccsc4c3=O)C2)n1. The summed E-state index contributed by atoms with van der Waals surface area (Å²) in [6.45, 7) is 5.35. The van der Waals surface area contributed by atoms with Crippen LogP contribution in [0.25, 0.3) is 10.2 Å². The standard InChI is InChI=1S/C17H19N5O2S/c1-11-7-12(2)22(19-11)13-3-5-20(8-13)15(23)9-21-10-18-14-4-6-25-16(14)17(21)24/h4,6-7,10,13H,3,5,8-9H2,1-2H3/t13-/m0/s1. The van der Waals surface area contributed by atoms with E-state index in [1.165, 1.54) is 22.2 Å². The van der Waals surface area contributed by atoms with Crippen LogP contribution in [0.2, 0.25) is 0 Å². The quantitative estimate of drug-likeness (QED) is 0.716. The molecule has 0 radical (unpaired) electrons. The van der Waals surface area contributed by atoms with Crippen LogP contribution in [0.4, 0.5) is 0 Å². The van der Waals surface area contributed by atoms with Crippen molar-refractivity contribution < 1.29 is 4.79 Å². The van der Waals surface area contributed by atoms with Crippen LogP contribution in [0.15, 0.2) is 28.6 Å². The van der Waals surface area contributed by atoms with E-state index in [-0.39, 0.29) is 24.1 Å². The zero-order valence-corrected chi connectivity index (χ0v) is 15.0. The van der Waals surface area contributed by atoms with E-state index < -0.39 is 0 Å². The maximum absolute atomic E-state index is 12.6. The van der Waals surface area contributed by atoms with Crippen LogP contribution < -0.4 is 5.56 Å². The number of hydrogen-bond donors (Lipinski definition) is 0. The van der Waals surface area contributed by atoms with Gasteiger partial charge in [0.05, 0.1) is 23.6 Å². The number of carbonyl (C=O) groups is 1. The van der Waals surface area contributed by atoms with E-state index in [9.17, 15) is 9.59 Å². The van der Waals surface area contributed by atoms with Gasteiger partial charge in [-0.15, -0.1) is 11.3 Å². The molecule has 1 fully saturated rings. The van der Waals surface area contributed by atoms with Crippen molar-refractivity contribution in [1.82, 2.24) is 24.2 Å². The predicted octanol–water partition coefficient (Wildman–Crippen LogP) is 1.74. The summed E-state index contributed by atoms with van der Waals surface area (Å²) in [6, 6.07) is 4.06. The van der Waals surface area contributed by atoms with Crippen LogP contribution in [0.1, 0.15) is 23.9 Å². The van der Waals surface area contributed by atoms with Gasteiger partial charge in [-0.25, -0.2) is 4.98 Å². The first kappa shape index (κ1) is 16.0. The molecule has 4 rings (SSSR count). The summed E-state index contributed by atoms with van der Waals surface area (Å²) in [5.74, 6) is -0.0520. The van der Waals surface area contributed by atoms with Crippen molar-refractivity contribution in [2.75, 3.05) is 13.1 Å². The number of rotatable bonds is 3. The zero-order chi connectivity index (χ0) is 17.6. The van der Waals surface area contributed by atoms with Gasteiger partial charge in [-0.05, 0) is 37.8 Å².